The molecule has 1 aromatic carbocycles. The third-order valence-electron chi connectivity index (χ3n) is 2.71. The van der Waals surface area contributed by atoms with Crippen molar-refractivity contribution in [3.63, 3.8) is 0 Å². The Balaban J connectivity index is 2.43. The van der Waals surface area contributed by atoms with E-state index >= 15 is 0 Å². The highest BCUT2D eigenvalue weighted by molar-refractivity contribution is 9.10. The number of ether oxygens (including phenoxy) is 1. The molecule has 0 fully saturated rings. The lowest BCUT2D eigenvalue weighted by Gasteiger charge is -2.17. The molecular weight excluding hydrogens is 340 g/mol. The van der Waals surface area contributed by atoms with E-state index in [2.05, 4.69) is 26.6 Å². The zero-order chi connectivity index (χ0) is 15.7. The van der Waals surface area contributed by atoms with Gasteiger partial charge in [0.05, 0.1) is 19.2 Å². The Labute approximate surface area is 132 Å². The van der Waals surface area contributed by atoms with E-state index < -0.39 is 0 Å². The van der Waals surface area contributed by atoms with E-state index in [0.29, 0.717) is 18.6 Å². The van der Waals surface area contributed by atoms with Crippen molar-refractivity contribution in [3.05, 3.63) is 34.3 Å². The largest absolute Gasteiger partial charge is 0.396 e. The molecule has 0 aliphatic carbocycles. The van der Waals surface area contributed by atoms with Crippen LogP contribution in [0.3, 0.4) is 0 Å². The number of carbonyl (C=O) groups is 2. The number of aliphatic hydroxyl groups excluding tert-OH is 1. The Bertz CT molecular complexity index is 476. The van der Waals surface area contributed by atoms with Crippen LogP contribution in [0.5, 0.6) is 0 Å². The molecule has 21 heavy (non-hydrogen) atoms. The van der Waals surface area contributed by atoms with E-state index in [0.717, 1.165) is 4.47 Å². The summed E-state index contributed by atoms with van der Waals surface area (Å²) in [4.78, 5) is 23.6. The number of hydrogen-bond acceptors (Lipinski definition) is 4. The zero-order valence-corrected chi connectivity index (χ0v) is 13.4. The Kier molecular flexibility index (Phi) is 7.96. The summed E-state index contributed by atoms with van der Waals surface area (Å²) in [6, 6.07) is 6.63. The molecule has 0 saturated heterocycles. The van der Waals surface area contributed by atoms with Crippen molar-refractivity contribution in [1.29, 1.82) is 0 Å². The highest BCUT2D eigenvalue weighted by Crippen LogP contribution is 2.11. The number of carbonyl (C=O) groups excluding carboxylic acids is 2. The molecular formula is C14H19BrN2O4. The smallest absolute Gasteiger partial charge is 0.251 e. The molecule has 1 aromatic rings. The van der Waals surface area contributed by atoms with Crippen LogP contribution in [0.15, 0.2) is 28.7 Å². The summed E-state index contributed by atoms with van der Waals surface area (Å²) in [5.41, 5.74) is 0.473. The molecule has 0 heterocycles. The first-order chi connectivity index (χ1) is 10.1. The fourth-order valence-electron chi connectivity index (χ4n) is 1.73. The maximum atomic E-state index is 11.9. The summed E-state index contributed by atoms with van der Waals surface area (Å²) in [5, 5.41) is 14.1. The number of halogens is 1. The Hall–Kier alpha value is -1.44. The van der Waals surface area contributed by atoms with E-state index in [9.17, 15) is 9.59 Å². The van der Waals surface area contributed by atoms with Crippen molar-refractivity contribution in [1.82, 2.24) is 10.6 Å². The predicted molar refractivity (Wildman–Crippen MR) is 82.0 cm³/mol. The van der Waals surface area contributed by atoms with Crippen molar-refractivity contribution in [2.45, 2.75) is 12.5 Å². The SMILES string of the molecule is COCC(CCO)NC(=O)CNC(=O)c1cccc(Br)c1. The van der Waals surface area contributed by atoms with Crippen LogP contribution < -0.4 is 10.6 Å². The molecule has 0 aliphatic heterocycles. The lowest BCUT2D eigenvalue weighted by molar-refractivity contribution is -0.121. The molecule has 0 saturated carbocycles. The molecule has 7 heteroatoms. The predicted octanol–water partition coefficient (Wildman–Crippen LogP) is 0.692. The van der Waals surface area contributed by atoms with Gasteiger partial charge in [-0.05, 0) is 24.6 Å². The first-order valence-electron chi connectivity index (χ1n) is 6.49. The molecule has 1 unspecified atom stereocenters. The maximum absolute atomic E-state index is 11.9. The van der Waals surface area contributed by atoms with Gasteiger partial charge < -0.3 is 20.5 Å². The number of rotatable bonds is 8. The minimum atomic E-state index is -0.325. The fourth-order valence-corrected chi connectivity index (χ4v) is 2.12. The van der Waals surface area contributed by atoms with Gasteiger partial charge in [-0.3, -0.25) is 9.59 Å². The molecule has 6 nitrogen and oxygen atoms in total. The quantitative estimate of drug-likeness (QED) is 0.638. The molecule has 1 rings (SSSR count). The molecule has 0 aromatic heterocycles. The molecule has 2 amide bonds. The summed E-state index contributed by atoms with van der Waals surface area (Å²) in [6.07, 6.45) is 0.402. The normalized spacial score (nSPS) is 11.8. The van der Waals surface area contributed by atoms with Gasteiger partial charge >= 0.3 is 0 Å². The van der Waals surface area contributed by atoms with E-state index in [-0.39, 0.29) is 31.0 Å². The molecule has 116 valence electrons. The van der Waals surface area contributed by atoms with E-state index in [1.165, 1.54) is 7.11 Å². The number of hydrogen-bond donors (Lipinski definition) is 3. The molecule has 3 N–H and O–H groups in total. The van der Waals surface area contributed by atoms with E-state index in [1.54, 1.807) is 18.2 Å². The van der Waals surface area contributed by atoms with Gasteiger partial charge in [-0.25, -0.2) is 0 Å². The van der Waals surface area contributed by atoms with Crippen LogP contribution in [-0.2, 0) is 9.53 Å². The highest BCUT2D eigenvalue weighted by Gasteiger charge is 2.13. The van der Waals surface area contributed by atoms with Crippen LogP contribution in [0.4, 0.5) is 0 Å². The van der Waals surface area contributed by atoms with Gasteiger partial charge in [0.15, 0.2) is 0 Å². The lowest BCUT2D eigenvalue weighted by Crippen LogP contribution is -2.44. The van der Waals surface area contributed by atoms with E-state index in [4.69, 9.17) is 9.84 Å². The van der Waals surface area contributed by atoms with Gasteiger partial charge in [-0.15, -0.1) is 0 Å². The van der Waals surface area contributed by atoms with Gasteiger partial charge in [-0.1, -0.05) is 22.0 Å². The second-order valence-electron chi connectivity index (χ2n) is 4.43. The second kappa shape index (κ2) is 9.49. The first-order valence-corrected chi connectivity index (χ1v) is 7.29. The molecule has 0 aliphatic rings. The van der Waals surface area contributed by atoms with Crippen molar-refractivity contribution < 1.29 is 19.4 Å². The Morgan fingerprint density at radius 1 is 1.43 bits per heavy atom. The number of methoxy groups -OCH3 is 1. The summed E-state index contributed by atoms with van der Waals surface area (Å²) >= 11 is 3.28. The van der Waals surface area contributed by atoms with Crippen molar-refractivity contribution in [2.75, 3.05) is 26.9 Å². The van der Waals surface area contributed by atoms with Gasteiger partial charge in [0, 0.05) is 23.8 Å². The monoisotopic (exact) mass is 358 g/mol. The topological polar surface area (TPSA) is 87.7 Å². The van der Waals surface area contributed by atoms with Crippen molar-refractivity contribution >= 4 is 27.7 Å². The average molecular weight is 359 g/mol. The van der Waals surface area contributed by atoms with Gasteiger partial charge in [0.2, 0.25) is 5.91 Å². The molecule has 1 atom stereocenters. The zero-order valence-electron chi connectivity index (χ0n) is 11.8. The fraction of sp³-hybridized carbons (Fsp3) is 0.429. The highest BCUT2D eigenvalue weighted by atomic mass is 79.9. The third-order valence-corrected chi connectivity index (χ3v) is 3.20. The first kappa shape index (κ1) is 17.6. The summed E-state index contributed by atoms with van der Waals surface area (Å²) in [5.74, 6) is -0.647. The lowest BCUT2D eigenvalue weighted by atomic mass is 10.2. The molecule has 0 bridgehead atoms. The minimum absolute atomic E-state index is 0.0429. The van der Waals surface area contributed by atoms with Crippen LogP contribution >= 0.6 is 15.9 Å². The summed E-state index contributed by atoms with van der Waals surface area (Å²) in [6.45, 7) is 0.140. The third kappa shape index (κ3) is 6.70. The Morgan fingerprint density at radius 2 is 2.19 bits per heavy atom. The van der Waals surface area contributed by atoms with Crippen LogP contribution in [0.1, 0.15) is 16.8 Å². The van der Waals surface area contributed by atoms with E-state index in [1.807, 2.05) is 6.07 Å². The van der Waals surface area contributed by atoms with Crippen LogP contribution in [-0.4, -0.2) is 49.8 Å². The number of aliphatic hydroxyl groups is 1. The second-order valence-corrected chi connectivity index (χ2v) is 5.34. The van der Waals surface area contributed by atoms with Gasteiger partial charge in [-0.2, -0.15) is 0 Å². The number of benzene rings is 1. The van der Waals surface area contributed by atoms with Crippen molar-refractivity contribution in [2.24, 2.45) is 0 Å². The van der Waals surface area contributed by atoms with Gasteiger partial charge in [0.25, 0.3) is 5.91 Å². The minimum Gasteiger partial charge on any atom is -0.396 e. The van der Waals surface area contributed by atoms with Gasteiger partial charge in [0.1, 0.15) is 0 Å². The molecule has 0 spiro atoms. The average Bonchev–Trinajstić information content (AvgIpc) is 2.45. The maximum Gasteiger partial charge on any atom is 0.251 e. The van der Waals surface area contributed by atoms with Crippen molar-refractivity contribution in [3.8, 4) is 0 Å². The standard InChI is InChI=1S/C14H19BrN2O4/c1-21-9-12(5-6-18)17-13(19)8-16-14(20)10-3-2-4-11(15)7-10/h2-4,7,12,18H,5-6,8-9H2,1H3,(H,16,20)(H,17,19). The summed E-state index contributed by atoms with van der Waals surface area (Å²) in [7, 11) is 1.52. The Morgan fingerprint density at radius 3 is 2.81 bits per heavy atom. The summed E-state index contributed by atoms with van der Waals surface area (Å²) < 4.78 is 5.74. The number of amides is 2. The molecule has 0 radical (unpaired) electrons. The van der Waals surface area contributed by atoms with Crippen LogP contribution in [0.25, 0.3) is 0 Å². The van der Waals surface area contributed by atoms with Crippen LogP contribution in [0, 0.1) is 0 Å². The van der Waals surface area contributed by atoms with Crippen LogP contribution in [0.2, 0.25) is 0 Å². The number of nitrogens with one attached hydrogen (secondary N) is 2.